The zero-order valence-corrected chi connectivity index (χ0v) is 11.5. The number of hydrogen-bond donors (Lipinski definition) is 3. The van der Waals surface area contributed by atoms with Gasteiger partial charge in [0, 0.05) is 22.9 Å². The molecule has 0 saturated carbocycles. The van der Waals surface area contributed by atoms with Crippen LogP contribution in [0.25, 0.3) is 0 Å². The Morgan fingerprint density at radius 1 is 1.26 bits per heavy atom. The maximum atomic E-state index is 10.1. The Morgan fingerprint density at radius 3 is 2.74 bits per heavy atom. The molecule has 0 radical (unpaired) electrons. The molecule has 4 N–H and O–H groups in total. The van der Waals surface area contributed by atoms with Crippen LogP contribution >= 0.6 is 11.6 Å². The van der Waals surface area contributed by atoms with Crippen molar-refractivity contribution in [1.82, 2.24) is 0 Å². The normalized spacial score (nSPS) is 12.2. The second-order valence-corrected chi connectivity index (χ2v) is 4.96. The third kappa shape index (κ3) is 3.63. The van der Waals surface area contributed by atoms with Crippen LogP contribution in [0.5, 0.6) is 0 Å². The number of nitrogens with two attached hydrogens (primary N) is 1. The van der Waals surface area contributed by atoms with E-state index in [-0.39, 0.29) is 0 Å². The number of anilines is 2. The smallest absolute Gasteiger partial charge is 0.0963 e. The molecular weight excluding hydrogens is 260 g/mol. The fourth-order valence-corrected chi connectivity index (χ4v) is 1.99. The third-order valence-corrected chi connectivity index (χ3v) is 3.25. The van der Waals surface area contributed by atoms with Gasteiger partial charge in [-0.05, 0) is 42.3 Å². The molecule has 0 aliphatic carbocycles. The Labute approximate surface area is 118 Å². The number of rotatable bonds is 4. The monoisotopic (exact) mass is 276 g/mol. The number of halogens is 1. The molecule has 2 aromatic rings. The number of aryl methyl sites for hydroxylation is 1. The first-order valence-corrected chi connectivity index (χ1v) is 6.47. The maximum Gasteiger partial charge on any atom is 0.0963 e. The van der Waals surface area contributed by atoms with Gasteiger partial charge in [0.25, 0.3) is 0 Å². The third-order valence-electron chi connectivity index (χ3n) is 3.01. The number of aliphatic hydroxyl groups excluding tert-OH is 1. The van der Waals surface area contributed by atoms with Crippen LogP contribution in [0.4, 0.5) is 11.4 Å². The van der Waals surface area contributed by atoms with Crippen LogP contribution in [0.3, 0.4) is 0 Å². The molecule has 0 spiro atoms. The second kappa shape index (κ2) is 5.95. The largest absolute Gasteiger partial charge is 0.399 e. The van der Waals surface area contributed by atoms with Crippen molar-refractivity contribution in [3.05, 3.63) is 58.6 Å². The number of nitrogens with one attached hydrogen (secondary N) is 1. The summed E-state index contributed by atoms with van der Waals surface area (Å²) in [5, 5.41) is 13.9. The van der Waals surface area contributed by atoms with Gasteiger partial charge in [0.15, 0.2) is 0 Å². The van der Waals surface area contributed by atoms with Gasteiger partial charge in [-0.25, -0.2) is 0 Å². The molecule has 1 unspecified atom stereocenters. The molecule has 19 heavy (non-hydrogen) atoms. The first-order chi connectivity index (χ1) is 9.06. The van der Waals surface area contributed by atoms with Crippen molar-refractivity contribution in [3.8, 4) is 0 Å². The highest BCUT2D eigenvalue weighted by Crippen LogP contribution is 2.20. The highest BCUT2D eigenvalue weighted by molar-refractivity contribution is 6.30. The summed E-state index contributed by atoms with van der Waals surface area (Å²) in [5.74, 6) is 0. The van der Waals surface area contributed by atoms with Crippen molar-refractivity contribution >= 4 is 23.0 Å². The van der Waals surface area contributed by atoms with Gasteiger partial charge in [-0.3, -0.25) is 0 Å². The summed E-state index contributed by atoms with van der Waals surface area (Å²) < 4.78 is 0. The minimum absolute atomic E-state index is 0.406. The average molecular weight is 277 g/mol. The Kier molecular flexibility index (Phi) is 4.30. The minimum atomic E-state index is -0.609. The first-order valence-electron chi connectivity index (χ1n) is 6.10. The maximum absolute atomic E-state index is 10.1. The van der Waals surface area contributed by atoms with E-state index >= 15 is 0 Å². The van der Waals surface area contributed by atoms with Gasteiger partial charge in [-0.15, -0.1) is 0 Å². The summed E-state index contributed by atoms with van der Waals surface area (Å²) in [6, 6.07) is 13.0. The van der Waals surface area contributed by atoms with Crippen LogP contribution in [0.1, 0.15) is 17.2 Å². The Hall–Kier alpha value is -1.71. The van der Waals surface area contributed by atoms with E-state index in [1.165, 1.54) is 0 Å². The van der Waals surface area contributed by atoms with E-state index in [9.17, 15) is 5.11 Å². The van der Waals surface area contributed by atoms with Crippen molar-refractivity contribution in [2.75, 3.05) is 17.6 Å². The van der Waals surface area contributed by atoms with Crippen LogP contribution in [0, 0.1) is 6.92 Å². The highest BCUT2D eigenvalue weighted by Gasteiger charge is 2.08. The van der Waals surface area contributed by atoms with Gasteiger partial charge in [0.05, 0.1) is 6.10 Å². The fourth-order valence-electron chi connectivity index (χ4n) is 1.80. The summed E-state index contributed by atoms with van der Waals surface area (Å²) in [5.41, 5.74) is 9.23. The SMILES string of the molecule is Cc1ccc(C(O)CNc2cccc(Cl)c2)cc1N. The van der Waals surface area contributed by atoms with E-state index in [1.54, 1.807) is 6.07 Å². The molecule has 0 amide bonds. The zero-order valence-electron chi connectivity index (χ0n) is 10.7. The molecule has 0 aromatic heterocycles. The van der Waals surface area contributed by atoms with Gasteiger partial charge in [-0.1, -0.05) is 29.8 Å². The van der Waals surface area contributed by atoms with Gasteiger partial charge in [0.2, 0.25) is 0 Å². The second-order valence-electron chi connectivity index (χ2n) is 4.52. The molecule has 0 heterocycles. The first kappa shape index (κ1) is 13.7. The molecule has 0 bridgehead atoms. The molecule has 0 aliphatic heterocycles. The molecule has 0 aliphatic rings. The van der Waals surface area contributed by atoms with Gasteiger partial charge >= 0.3 is 0 Å². The quantitative estimate of drug-likeness (QED) is 0.751. The van der Waals surface area contributed by atoms with Crippen molar-refractivity contribution in [3.63, 3.8) is 0 Å². The van der Waals surface area contributed by atoms with E-state index in [0.717, 1.165) is 16.8 Å². The minimum Gasteiger partial charge on any atom is -0.399 e. The Bertz CT molecular complexity index is 572. The van der Waals surface area contributed by atoms with Gasteiger partial charge < -0.3 is 16.2 Å². The van der Waals surface area contributed by atoms with Gasteiger partial charge in [-0.2, -0.15) is 0 Å². The molecule has 2 aromatic carbocycles. The molecule has 2 rings (SSSR count). The van der Waals surface area contributed by atoms with E-state index in [0.29, 0.717) is 17.3 Å². The Balaban J connectivity index is 2.01. The standard InChI is InChI=1S/C15H17ClN2O/c1-10-5-6-11(7-14(10)17)15(19)9-18-13-4-2-3-12(16)8-13/h2-8,15,18-19H,9,17H2,1H3. The van der Waals surface area contributed by atoms with Crippen molar-refractivity contribution in [1.29, 1.82) is 0 Å². The van der Waals surface area contributed by atoms with E-state index in [1.807, 2.05) is 43.3 Å². The van der Waals surface area contributed by atoms with Crippen LogP contribution in [-0.4, -0.2) is 11.7 Å². The predicted molar refractivity (Wildman–Crippen MR) is 80.5 cm³/mol. The van der Waals surface area contributed by atoms with Crippen LogP contribution in [0.2, 0.25) is 5.02 Å². The average Bonchev–Trinajstić information content (AvgIpc) is 2.39. The lowest BCUT2D eigenvalue weighted by atomic mass is 10.1. The lowest BCUT2D eigenvalue weighted by molar-refractivity contribution is 0.191. The molecule has 0 saturated heterocycles. The molecule has 100 valence electrons. The molecule has 0 fully saturated rings. The van der Waals surface area contributed by atoms with E-state index in [4.69, 9.17) is 17.3 Å². The molecule has 4 heteroatoms. The lowest BCUT2D eigenvalue weighted by Gasteiger charge is -2.14. The summed E-state index contributed by atoms with van der Waals surface area (Å²) >= 11 is 5.90. The lowest BCUT2D eigenvalue weighted by Crippen LogP contribution is -2.12. The van der Waals surface area contributed by atoms with Crippen LogP contribution < -0.4 is 11.1 Å². The van der Waals surface area contributed by atoms with Crippen LogP contribution in [0.15, 0.2) is 42.5 Å². The highest BCUT2D eigenvalue weighted by atomic mass is 35.5. The number of benzene rings is 2. The van der Waals surface area contributed by atoms with Crippen molar-refractivity contribution in [2.24, 2.45) is 0 Å². The number of aliphatic hydroxyl groups is 1. The predicted octanol–water partition coefficient (Wildman–Crippen LogP) is 3.38. The number of nitrogen functional groups attached to an aromatic ring is 1. The van der Waals surface area contributed by atoms with Crippen LogP contribution in [-0.2, 0) is 0 Å². The van der Waals surface area contributed by atoms with Gasteiger partial charge in [0.1, 0.15) is 0 Å². The topological polar surface area (TPSA) is 58.3 Å². The van der Waals surface area contributed by atoms with E-state index < -0.39 is 6.10 Å². The Morgan fingerprint density at radius 2 is 2.05 bits per heavy atom. The summed E-state index contributed by atoms with van der Waals surface area (Å²) in [6.07, 6.45) is -0.609. The fraction of sp³-hybridized carbons (Fsp3) is 0.200. The number of hydrogen-bond acceptors (Lipinski definition) is 3. The summed E-state index contributed by atoms with van der Waals surface area (Å²) in [7, 11) is 0. The van der Waals surface area contributed by atoms with Crippen molar-refractivity contribution < 1.29 is 5.11 Å². The zero-order chi connectivity index (χ0) is 13.8. The molecule has 1 atom stereocenters. The summed E-state index contributed by atoms with van der Waals surface area (Å²) in [6.45, 7) is 2.35. The molecular formula is C15H17ClN2O. The summed E-state index contributed by atoms with van der Waals surface area (Å²) in [4.78, 5) is 0. The van der Waals surface area contributed by atoms with Crippen molar-refractivity contribution in [2.45, 2.75) is 13.0 Å². The molecule has 3 nitrogen and oxygen atoms in total. The van der Waals surface area contributed by atoms with E-state index in [2.05, 4.69) is 5.32 Å².